The molecule has 1 aliphatic heterocycles. The molecule has 0 spiro atoms. The number of hydrogen-bond donors (Lipinski definition) is 0. The molecule has 1 heteroatoms. The van der Waals surface area contributed by atoms with Gasteiger partial charge in [0, 0.05) is 0 Å². The Bertz CT molecular complexity index is 72.2. The predicted octanol–water partition coefficient (Wildman–Crippen LogP) is 1.35. The van der Waals surface area contributed by atoms with E-state index in [0.29, 0.717) is 6.10 Å². The average Bonchev–Trinajstić information content (AvgIpc) is 2.42. The highest BCUT2D eigenvalue weighted by Crippen LogP contribution is 2.09. The Labute approximate surface area is 44.0 Å². The van der Waals surface area contributed by atoms with E-state index in [-0.39, 0.29) is 0 Å². The van der Waals surface area contributed by atoms with Gasteiger partial charge >= 0.3 is 0 Å². The second-order valence-electron chi connectivity index (χ2n) is 1.71. The molecule has 1 fully saturated rings. The molecule has 1 rings (SSSR count). The lowest BCUT2D eigenvalue weighted by molar-refractivity contribution is 0.440. The van der Waals surface area contributed by atoms with Crippen LogP contribution in [0.5, 0.6) is 0 Å². The SMILES string of the molecule is CCC=C[C@H]1CO1. The number of hydrogen-bond acceptors (Lipinski definition) is 1. The molecule has 0 amide bonds. The molecule has 1 nitrogen and oxygen atoms in total. The Hall–Kier alpha value is -0.300. The topological polar surface area (TPSA) is 12.5 Å². The molecule has 0 aromatic carbocycles. The first-order chi connectivity index (χ1) is 3.43. The molecule has 40 valence electrons. The van der Waals surface area contributed by atoms with Gasteiger partial charge in [-0.05, 0) is 6.42 Å². The van der Waals surface area contributed by atoms with Crippen LogP contribution < -0.4 is 0 Å². The monoisotopic (exact) mass is 98.1 g/mol. The van der Waals surface area contributed by atoms with Gasteiger partial charge in [0.1, 0.15) is 0 Å². The van der Waals surface area contributed by atoms with E-state index in [2.05, 4.69) is 19.1 Å². The molecular formula is C6H10O. The third-order valence-corrected chi connectivity index (χ3v) is 0.946. The molecular weight excluding hydrogens is 88.1 g/mol. The first kappa shape index (κ1) is 4.85. The normalized spacial score (nSPS) is 29.0. The zero-order valence-electron chi connectivity index (χ0n) is 4.55. The van der Waals surface area contributed by atoms with Gasteiger partial charge in [-0.25, -0.2) is 0 Å². The summed E-state index contributed by atoms with van der Waals surface area (Å²) in [5.74, 6) is 0. The van der Waals surface area contributed by atoms with Crippen LogP contribution in [0.25, 0.3) is 0 Å². The van der Waals surface area contributed by atoms with Crippen LogP contribution in [-0.2, 0) is 4.74 Å². The molecule has 1 atom stereocenters. The van der Waals surface area contributed by atoms with Gasteiger partial charge < -0.3 is 4.74 Å². The Kier molecular flexibility index (Phi) is 1.47. The summed E-state index contributed by atoms with van der Waals surface area (Å²) >= 11 is 0. The van der Waals surface area contributed by atoms with Gasteiger partial charge in [-0.2, -0.15) is 0 Å². The van der Waals surface area contributed by atoms with E-state index in [1.54, 1.807) is 0 Å². The highest BCUT2D eigenvalue weighted by molar-refractivity contribution is 4.94. The molecule has 0 bridgehead atoms. The van der Waals surface area contributed by atoms with E-state index in [0.717, 1.165) is 13.0 Å². The van der Waals surface area contributed by atoms with Crippen LogP contribution in [0.2, 0.25) is 0 Å². The minimum absolute atomic E-state index is 0.472. The lowest BCUT2D eigenvalue weighted by Crippen LogP contribution is -1.70. The van der Waals surface area contributed by atoms with Crippen LogP contribution in [0, 0.1) is 0 Å². The van der Waals surface area contributed by atoms with Crippen molar-refractivity contribution in [2.75, 3.05) is 6.61 Å². The second kappa shape index (κ2) is 2.12. The Balaban J connectivity index is 2.05. The van der Waals surface area contributed by atoms with Crippen molar-refractivity contribution in [2.24, 2.45) is 0 Å². The summed E-state index contributed by atoms with van der Waals surface area (Å²) in [7, 11) is 0. The Morgan fingerprint density at radius 2 is 2.57 bits per heavy atom. The summed E-state index contributed by atoms with van der Waals surface area (Å²) in [6, 6.07) is 0. The van der Waals surface area contributed by atoms with Crippen LogP contribution in [0.15, 0.2) is 12.2 Å². The van der Waals surface area contributed by atoms with E-state index >= 15 is 0 Å². The van der Waals surface area contributed by atoms with Crippen molar-refractivity contribution in [3.8, 4) is 0 Å². The quantitative estimate of drug-likeness (QED) is 0.375. The van der Waals surface area contributed by atoms with E-state index < -0.39 is 0 Å². The number of allylic oxidation sites excluding steroid dienone is 1. The fourth-order valence-corrected chi connectivity index (χ4v) is 0.455. The average molecular weight is 98.1 g/mol. The standard InChI is InChI=1S/C6H10O/c1-2-3-4-6-5-7-6/h3-4,6H,2,5H2,1H3/t6-/m0/s1. The Morgan fingerprint density at radius 3 is 3.00 bits per heavy atom. The lowest BCUT2D eigenvalue weighted by Gasteiger charge is -1.73. The van der Waals surface area contributed by atoms with Crippen molar-refractivity contribution in [2.45, 2.75) is 19.4 Å². The number of ether oxygens (including phenoxy) is 1. The molecule has 0 N–H and O–H groups in total. The molecule has 0 unspecified atom stereocenters. The van der Waals surface area contributed by atoms with E-state index in [4.69, 9.17) is 4.74 Å². The maximum atomic E-state index is 4.92. The van der Waals surface area contributed by atoms with Gasteiger partial charge in [0.05, 0.1) is 12.7 Å². The summed E-state index contributed by atoms with van der Waals surface area (Å²) in [5.41, 5.74) is 0. The summed E-state index contributed by atoms with van der Waals surface area (Å²) in [6.07, 6.45) is 5.84. The molecule has 0 aromatic rings. The number of epoxide rings is 1. The number of rotatable bonds is 2. The highest BCUT2D eigenvalue weighted by Gasteiger charge is 2.17. The maximum Gasteiger partial charge on any atom is 0.0991 e. The van der Waals surface area contributed by atoms with Crippen LogP contribution in [0.3, 0.4) is 0 Å². The van der Waals surface area contributed by atoms with Crippen molar-refractivity contribution in [1.82, 2.24) is 0 Å². The third kappa shape index (κ3) is 1.74. The molecule has 1 heterocycles. The molecule has 1 saturated heterocycles. The van der Waals surface area contributed by atoms with Gasteiger partial charge in [-0.15, -0.1) is 0 Å². The Morgan fingerprint density at radius 1 is 1.86 bits per heavy atom. The minimum atomic E-state index is 0.472. The smallest absolute Gasteiger partial charge is 0.0991 e. The highest BCUT2D eigenvalue weighted by atomic mass is 16.6. The van der Waals surface area contributed by atoms with Crippen molar-refractivity contribution < 1.29 is 4.74 Å². The first-order valence-corrected chi connectivity index (χ1v) is 2.71. The molecule has 7 heavy (non-hydrogen) atoms. The summed E-state index contributed by atoms with van der Waals surface area (Å²) in [5, 5.41) is 0. The zero-order chi connectivity index (χ0) is 5.11. The fraction of sp³-hybridized carbons (Fsp3) is 0.667. The van der Waals surface area contributed by atoms with Crippen molar-refractivity contribution in [3.63, 3.8) is 0 Å². The van der Waals surface area contributed by atoms with Crippen LogP contribution in [0.1, 0.15) is 13.3 Å². The summed E-state index contributed by atoms with van der Waals surface area (Å²) in [4.78, 5) is 0. The third-order valence-electron chi connectivity index (χ3n) is 0.946. The van der Waals surface area contributed by atoms with Crippen molar-refractivity contribution in [1.29, 1.82) is 0 Å². The van der Waals surface area contributed by atoms with Gasteiger partial charge in [0.15, 0.2) is 0 Å². The van der Waals surface area contributed by atoms with Crippen molar-refractivity contribution in [3.05, 3.63) is 12.2 Å². The van der Waals surface area contributed by atoms with E-state index in [1.807, 2.05) is 0 Å². The molecule has 0 aliphatic carbocycles. The molecule has 0 radical (unpaired) electrons. The molecule has 0 saturated carbocycles. The van der Waals surface area contributed by atoms with Gasteiger partial charge in [-0.1, -0.05) is 19.1 Å². The van der Waals surface area contributed by atoms with Crippen LogP contribution in [-0.4, -0.2) is 12.7 Å². The van der Waals surface area contributed by atoms with Crippen LogP contribution in [0.4, 0.5) is 0 Å². The summed E-state index contributed by atoms with van der Waals surface area (Å²) in [6.45, 7) is 3.06. The van der Waals surface area contributed by atoms with E-state index in [1.165, 1.54) is 0 Å². The predicted molar refractivity (Wildman–Crippen MR) is 29.2 cm³/mol. The van der Waals surface area contributed by atoms with Gasteiger partial charge in [0.25, 0.3) is 0 Å². The van der Waals surface area contributed by atoms with Crippen LogP contribution >= 0.6 is 0 Å². The lowest BCUT2D eigenvalue weighted by atomic mass is 10.3. The largest absolute Gasteiger partial charge is 0.369 e. The molecule has 0 aromatic heterocycles. The van der Waals surface area contributed by atoms with E-state index in [9.17, 15) is 0 Å². The first-order valence-electron chi connectivity index (χ1n) is 2.71. The van der Waals surface area contributed by atoms with Gasteiger partial charge in [0.2, 0.25) is 0 Å². The minimum Gasteiger partial charge on any atom is -0.369 e. The summed E-state index contributed by atoms with van der Waals surface area (Å²) < 4.78 is 4.92. The zero-order valence-corrected chi connectivity index (χ0v) is 4.55. The fourth-order valence-electron chi connectivity index (χ4n) is 0.455. The van der Waals surface area contributed by atoms with Crippen molar-refractivity contribution >= 4 is 0 Å². The molecule has 1 aliphatic rings. The van der Waals surface area contributed by atoms with Gasteiger partial charge in [-0.3, -0.25) is 0 Å². The second-order valence-corrected chi connectivity index (χ2v) is 1.71. The maximum absolute atomic E-state index is 4.92.